The molecule has 0 aliphatic carbocycles. The fraction of sp³-hybridized carbons (Fsp3) is 0.136. The Labute approximate surface area is 142 Å². The van der Waals surface area contributed by atoms with Crippen molar-refractivity contribution < 1.29 is 9.90 Å². The molecule has 0 saturated carbocycles. The molecular weight excluding hydrogens is 296 g/mol. The molecule has 0 fully saturated rings. The van der Waals surface area contributed by atoms with Crippen LogP contribution >= 0.6 is 0 Å². The van der Waals surface area contributed by atoms with Crippen LogP contribution in [-0.2, 0) is 16.8 Å². The summed E-state index contributed by atoms with van der Waals surface area (Å²) in [6, 6.07) is 26.9. The standard InChI is InChI=1S/C22H20O2/c1-17(23)16-18-12-14-21(15-13-18)22(24,19-8-4-2-5-9-19)20-10-6-3-7-11-20/h2-15,24H,16H2,1H3. The Balaban J connectivity index is 2.10. The van der Waals surface area contributed by atoms with Crippen LogP contribution < -0.4 is 0 Å². The molecular formula is C22H20O2. The lowest BCUT2D eigenvalue weighted by Crippen LogP contribution is -2.28. The number of rotatable bonds is 5. The first kappa shape index (κ1) is 16.2. The van der Waals surface area contributed by atoms with Crippen LogP contribution in [0.5, 0.6) is 0 Å². The van der Waals surface area contributed by atoms with E-state index in [9.17, 15) is 9.90 Å². The van der Waals surface area contributed by atoms with Gasteiger partial charge in [0.2, 0.25) is 0 Å². The summed E-state index contributed by atoms with van der Waals surface area (Å²) in [5, 5.41) is 11.6. The van der Waals surface area contributed by atoms with Gasteiger partial charge in [-0.05, 0) is 29.2 Å². The Morgan fingerprint density at radius 3 is 1.58 bits per heavy atom. The second-order valence-electron chi connectivity index (χ2n) is 6.02. The van der Waals surface area contributed by atoms with Gasteiger partial charge in [0.25, 0.3) is 0 Å². The van der Waals surface area contributed by atoms with E-state index in [1.807, 2.05) is 84.9 Å². The molecule has 120 valence electrons. The van der Waals surface area contributed by atoms with Gasteiger partial charge in [-0.2, -0.15) is 0 Å². The van der Waals surface area contributed by atoms with Crippen molar-refractivity contribution >= 4 is 5.78 Å². The van der Waals surface area contributed by atoms with Crippen LogP contribution in [0, 0.1) is 0 Å². The minimum atomic E-state index is -1.22. The first-order valence-corrected chi connectivity index (χ1v) is 8.03. The smallest absolute Gasteiger partial charge is 0.140 e. The van der Waals surface area contributed by atoms with Gasteiger partial charge in [-0.3, -0.25) is 4.79 Å². The molecule has 0 atom stereocenters. The summed E-state index contributed by atoms with van der Waals surface area (Å²) in [5.74, 6) is 0.129. The van der Waals surface area contributed by atoms with Crippen molar-refractivity contribution in [2.45, 2.75) is 18.9 Å². The number of ketones is 1. The average Bonchev–Trinajstić information content (AvgIpc) is 2.63. The third-order valence-electron chi connectivity index (χ3n) is 4.21. The van der Waals surface area contributed by atoms with Crippen molar-refractivity contribution in [3.05, 3.63) is 107 Å². The maximum Gasteiger partial charge on any atom is 0.140 e. The molecule has 0 aliphatic heterocycles. The highest BCUT2D eigenvalue weighted by Crippen LogP contribution is 2.36. The summed E-state index contributed by atoms with van der Waals surface area (Å²) < 4.78 is 0. The number of carbonyl (C=O) groups is 1. The monoisotopic (exact) mass is 316 g/mol. The minimum Gasteiger partial charge on any atom is -0.376 e. The summed E-state index contributed by atoms with van der Waals surface area (Å²) in [4.78, 5) is 11.3. The predicted octanol–water partition coefficient (Wildman–Crippen LogP) is 4.10. The van der Waals surface area contributed by atoms with E-state index in [1.165, 1.54) is 0 Å². The zero-order valence-electron chi connectivity index (χ0n) is 13.6. The van der Waals surface area contributed by atoms with E-state index in [4.69, 9.17) is 0 Å². The molecule has 0 amide bonds. The predicted molar refractivity (Wildman–Crippen MR) is 95.8 cm³/mol. The zero-order chi connectivity index (χ0) is 17.0. The zero-order valence-corrected chi connectivity index (χ0v) is 13.6. The van der Waals surface area contributed by atoms with Gasteiger partial charge in [0.15, 0.2) is 0 Å². The fourth-order valence-electron chi connectivity index (χ4n) is 3.01. The van der Waals surface area contributed by atoms with E-state index < -0.39 is 5.60 Å². The van der Waals surface area contributed by atoms with E-state index in [0.717, 1.165) is 22.3 Å². The molecule has 0 aliphatic rings. The van der Waals surface area contributed by atoms with Crippen molar-refractivity contribution in [1.82, 2.24) is 0 Å². The van der Waals surface area contributed by atoms with Crippen LogP contribution in [-0.4, -0.2) is 10.9 Å². The van der Waals surface area contributed by atoms with Crippen molar-refractivity contribution in [3.63, 3.8) is 0 Å². The molecule has 0 heterocycles. The summed E-state index contributed by atoms with van der Waals surface area (Å²) in [7, 11) is 0. The van der Waals surface area contributed by atoms with Gasteiger partial charge < -0.3 is 5.11 Å². The van der Waals surface area contributed by atoms with Gasteiger partial charge in [0.1, 0.15) is 11.4 Å². The van der Waals surface area contributed by atoms with Gasteiger partial charge in [-0.25, -0.2) is 0 Å². The highest BCUT2D eigenvalue weighted by molar-refractivity contribution is 5.78. The summed E-state index contributed by atoms with van der Waals surface area (Å²) in [6.45, 7) is 1.58. The Hall–Kier alpha value is -2.71. The topological polar surface area (TPSA) is 37.3 Å². The van der Waals surface area contributed by atoms with E-state index in [0.29, 0.717) is 6.42 Å². The highest BCUT2D eigenvalue weighted by atomic mass is 16.3. The lowest BCUT2D eigenvalue weighted by atomic mass is 9.80. The normalized spacial score (nSPS) is 11.2. The third-order valence-corrected chi connectivity index (χ3v) is 4.21. The number of benzene rings is 3. The van der Waals surface area contributed by atoms with Gasteiger partial charge >= 0.3 is 0 Å². The SMILES string of the molecule is CC(=O)Cc1ccc(C(O)(c2ccccc2)c2ccccc2)cc1. The van der Waals surface area contributed by atoms with Gasteiger partial charge in [-0.15, -0.1) is 0 Å². The first-order chi connectivity index (χ1) is 11.6. The molecule has 1 N–H and O–H groups in total. The molecule has 0 aromatic heterocycles. The van der Waals surface area contributed by atoms with Crippen LogP contribution in [0.25, 0.3) is 0 Å². The molecule has 3 aromatic rings. The molecule has 3 rings (SSSR count). The van der Waals surface area contributed by atoms with Crippen molar-refractivity contribution in [3.8, 4) is 0 Å². The van der Waals surface area contributed by atoms with Crippen LogP contribution in [0.1, 0.15) is 29.2 Å². The van der Waals surface area contributed by atoms with Crippen LogP contribution in [0.2, 0.25) is 0 Å². The molecule has 0 radical (unpaired) electrons. The van der Waals surface area contributed by atoms with E-state index in [-0.39, 0.29) is 5.78 Å². The fourth-order valence-corrected chi connectivity index (χ4v) is 3.01. The molecule has 2 heteroatoms. The largest absolute Gasteiger partial charge is 0.376 e. The number of carbonyl (C=O) groups excluding carboxylic acids is 1. The summed E-state index contributed by atoms with van der Waals surface area (Å²) in [6.07, 6.45) is 0.412. The number of hydrogen-bond donors (Lipinski definition) is 1. The van der Waals surface area contributed by atoms with Gasteiger partial charge in [0.05, 0.1) is 0 Å². The van der Waals surface area contributed by atoms with Crippen LogP contribution in [0.3, 0.4) is 0 Å². The lowest BCUT2D eigenvalue weighted by molar-refractivity contribution is -0.116. The molecule has 3 aromatic carbocycles. The second kappa shape index (κ2) is 6.81. The second-order valence-corrected chi connectivity index (χ2v) is 6.02. The molecule has 0 unspecified atom stereocenters. The molecule has 0 spiro atoms. The van der Waals surface area contributed by atoms with Gasteiger partial charge in [0, 0.05) is 6.42 Å². The average molecular weight is 316 g/mol. The molecule has 0 saturated heterocycles. The minimum absolute atomic E-state index is 0.129. The Bertz CT molecular complexity index is 766. The van der Waals surface area contributed by atoms with Crippen molar-refractivity contribution in [1.29, 1.82) is 0 Å². The van der Waals surface area contributed by atoms with Gasteiger partial charge in [-0.1, -0.05) is 84.9 Å². The maximum absolute atomic E-state index is 11.6. The van der Waals surface area contributed by atoms with E-state index >= 15 is 0 Å². The Kier molecular flexibility index (Phi) is 4.59. The van der Waals surface area contributed by atoms with Crippen LogP contribution in [0.4, 0.5) is 0 Å². The van der Waals surface area contributed by atoms with E-state index in [1.54, 1.807) is 6.92 Å². The number of hydrogen-bond acceptors (Lipinski definition) is 2. The highest BCUT2D eigenvalue weighted by Gasteiger charge is 2.33. The Morgan fingerprint density at radius 2 is 1.17 bits per heavy atom. The lowest BCUT2D eigenvalue weighted by Gasteiger charge is -2.30. The number of Topliss-reactive ketones (excluding diaryl/α,β-unsaturated/α-hetero) is 1. The summed E-state index contributed by atoms with van der Waals surface area (Å²) >= 11 is 0. The van der Waals surface area contributed by atoms with Crippen molar-refractivity contribution in [2.75, 3.05) is 0 Å². The maximum atomic E-state index is 11.6. The first-order valence-electron chi connectivity index (χ1n) is 8.03. The quantitative estimate of drug-likeness (QED) is 0.720. The molecule has 24 heavy (non-hydrogen) atoms. The number of aliphatic hydroxyl groups is 1. The molecule has 2 nitrogen and oxygen atoms in total. The summed E-state index contributed by atoms with van der Waals surface area (Å²) in [5.41, 5.74) is 2.14. The van der Waals surface area contributed by atoms with Crippen molar-refractivity contribution in [2.24, 2.45) is 0 Å². The van der Waals surface area contributed by atoms with Crippen LogP contribution in [0.15, 0.2) is 84.9 Å². The third kappa shape index (κ3) is 3.15. The van der Waals surface area contributed by atoms with E-state index in [2.05, 4.69) is 0 Å². The Morgan fingerprint density at radius 1 is 0.750 bits per heavy atom. The molecule has 0 bridgehead atoms.